The highest BCUT2D eigenvalue weighted by molar-refractivity contribution is 6.20. The molecule has 5 amide bonds. The fraction of sp³-hybridized carbons (Fsp3) is 0.694. The maximum atomic E-state index is 13.9. The maximum Gasteiger partial charge on any atom is 0.285 e. The zero-order valence-electron chi connectivity index (χ0n) is 32.4. The Labute approximate surface area is 326 Å². The number of benzene rings is 1. The van der Waals surface area contributed by atoms with E-state index >= 15 is 0 Å². The van der Waals surface area contributed by atoms with E-state index < -0.39 is 121 Å². The number of carbonyl (C=O) groups is 5. The Bertz CT molecular complexity index is 1770. The molecule has 7 aliphatic rings. The lowest BCUT2D eigenvalue weighted by Gasteiger charge is -2.28. The second-order valence-electron chi connectivity index (χ2n) is 16.3. The molecular weight excluding hydrogens is 760 g/mol. The van der Waals surface area contributed by atoms with E-state index in [1.54, 1.807) is 53.7 Å². The van der Waals surface area contributed by atoms with Gasteiger partial charge in [-0.2, -0.15) is 0 Å². The van der Waals surface area contributed by atoms with Crippen molar-refractivity contribution in [3.63, 3.8) is 0 Å². The summed E-state index contributed by atoms with van der Waals surface area (Å²) in [6.07, 6.45) is -14.4. The lowest BCUT2D eigenvalue weighted by molar-refractivity contribution is -0.240. The Hall–Kier alpha value is -3.71. The first-order valence-electron chi connectivity index (χ1n) is 18.7. The van der Waals surface area contributed by atoms with E-state index in [0.29, 0.717) is 11.6 Å². The molecule has 21 heteroatoms. The molecule has 6 fully saturated rings. The summed E-state index contributed by atoms with van der Waals surface area (Å²) < 4.78 is 53.0. The summed E-state index contributed by atoms with van der Waals surface area (Å²) in [6.45, 7) is 14.1. The van der Waals surface area contributed by atoms with E-state index in [0.717, 1.165) is 0 Å². The van der Waals surface area contributed by atoms with Gasteiger partial charge in [-0.1, -0.05) is 26.0 Å². The van der Waals surface area contributed by atoms with Gasteiger partial charge >= 0.3 is 0 Å². The standard InChI is InChI=1S/C36H46N4O17/c1-14(2)13-37-26(41)20-17(23-31(46-20)52-34(3,4)49-23)55-38-27(42)21-18(24-32(47-21)53-35(5,6)50-24)56-39-28(43)22-19(25-33(48-22)54-36(7,8)51-25)57-40-29(44)15-11-9-10-12-16(15)30(40)45/h9-12,14,17-25,31-33H,13H2,1-8H3,(H,37,41)(H,38,42)(H,39,43)/t17-,18-,19-,20-,21-,22-,23+,24+,25+,31+,32+,33+/m0/s1. The number of nitrogens with one attached hydrogen (secondary N) is 3. The Kier molecular flexibility index (Phi) is 10.2. The van der Waals surface area contributed by atoms with Crippen molar-refractivity contribution < 1.29 is 81.1 Å². The van der Waals surface area contributed by atoms with Gasteiger partial charge in [0.05, 0.1) is 11.1 Å². The van der Waals surface area contributed by atoms with Gasteiger partial charge < -0.3 is 47.9 Å². The van der Waals surface area contributed by atoms with Crippen LogP contribution in [0.5, 0.6) is 0 Å². The largest absolute Gasteiger partial charge is 0.353 e. The summed E-state index contributed by atoms with van der Waals surface area (Å²) in [7, 11) is 0. The minimum atomic E-state index is -1.56. The zero-order chi connectivity index (χ0) is 40.8. The summed E-state index contributed by atoms with van der Waals surface area (Å²) in [4.78, 5) is 84.7. The third-order valence-electron chi connectivity index (χ3n) is 10.0. The average molecular weight is 807 g/mol. The van der Waals surface area contributed by atoms with Crippen molar-refractivity contribution >= 4 is 29.5 Å². The fourth-order valence-electron chi connectivity index (χ4n) is 7.60. The lowest BCUT2D eigenvalue weighted by Crippen LogP contribution is -2.53. The minimum absolute atomic E-state index is 0.121. The predicted molar refractivity (Wildman–Crippen MR) is 182 cm³/mol. The Balaban J connectivity index is 0.964. The quantitative estimate of drug-likeness (QED) is 0.194. The van der Waals surface area contributed by atoms with E-state index in [2.05, 4.69) is 16.3 Å². The number of hydroxylamine groups is 4. The van der Waals surface area contributed by atoms with E-state index in [1.807, 2.05) is 13.8 Å². The summed E-state index contributed by atoms with van der Waals surface area (Å²) in [5.41, 5.74) is 4.86. The van der Waals surface area contributed by atoms with Gasteiger partial charge in [-0.3, -0.25) is 38.5 Å². The predicted octanol–water partition coefficient (Wildman–Crippen LogP) is -0.183. The number of ether oxygens (including phenoxy) is 9. The van der Waals surface area contributed by atoms with E-state index in [9.17, 15) is 24.0 Å². The molecule has 6 saturated heterocycles. The monoisotopic (exact) mass is 806 g/mol. The topological polar surface area (TPSA) is 235 Å². The number of carbonyl (C=O) groups excluding carboxylic acids is 5. The number of hydrogen-bond acceptors (Lipinski definition) is 17. The molecule has 0 aliphatic carbocycles. The van der Waals surface area contributed by atoms with Crippen molar-refractivity contribution in [2.24, 2.45) is 5.92 Å². The first kappa shape index (κ1) is 40.1. The molecule has 0 unspecified atom stereocenters. The normalized spacial score (nSPS) is 37.9. The van der Waals surface area contributed by atoms with Crippen molar-refractivity contribution in [2.75, 3.05) is 6.54 Å². The van der Waals surface area contributed by atoms with Crippen LogP contribution in [0.3, 0.4) is 0 Å². The van der Waals surface area contributed by atoms with Crippen molar-refractivity contribution in [3.8, 4) is 0 Å². The molecule has 21 nitrogen and oxygen atoms in total. The van der Waals surface area contributed by atoms with Crippen LogP contribution in [0.25, 0.3) is 0 Å². The average Bonchev–Trinajstić information content (AvgIpc) is 3.97. The van der Waals surface area contributed by atoms with Gasteiger partial charge in [-0.05, 0) is 59.6 Å². The third-order valence-corrected chi connectivity index (χ3v) is 10.0. The molecule has 1 aromatic rings. The summed E-state index contributed by atoms with van der Waals surface area (Å²) in [6, 6.07) is 6.16. The van der Waals surface area contributed by atoms with Crippen LogP contribution in [0.1, 0.15) is 76.1 Å². The molecule has 8 rings (SSSR count). The highest BCUT2D eigenvalue weighted by atomic mass is 16.9. The van der Waals surface area contributed by atoms with Gasteiger partial charge in [0.25, 0.3) is 29.5 Å². The van der Waals surface area contributed by atoms with Gasteiger partial charge in [0.1, 0.15) is 18.3 Å². The zero-order valence-corrected chi connectivity index (χ0v) is 32.4. The minimum Gasteiger partial charge on any atom is -0.353 e. The Morgan fingerprint density at radius 1 is 0.632 bits per heavy atom. The van der Waals surface area contributed by atoms with Crippen LogP contribution in [0.15, 0.2) is 24.3 Å². The highest BCUT2D eigenvalue weighted by Crippen LogP contribution is 2.42. The number of rotatable bonds is 11. The van der Waals surface area contributed by atoms with Crippen LogP contribution in [-0.2, 0) is 71.5 Å². The second-order valence-corrected chi connectivity index (χ2v) is 16.3. The van der Waals surface area contributed by atoms with E-state index in [1.165, 1.54) is 12.1 Å². The Morgan fingerprint density at radius 3 is 1.44 bits per heavy atom. The number of hydrogen-bond donors (Lipinski definition) is 3. The smallest absolute Gasteiger partial charge is 0.285 e. The third kappa shape index (κ3) is 7.56. The van der Waals surface area contributed by atoms with Crippen LogP contribution in [0.4, 0.5) is 0 Å². The van der Waals surface area contributed by atoms with Crippen molar-refractivity contribution in [3.05, 3.63) is 35.4 Å². The van der Waals surface area contributed by atoms with Crippen LogP contribution in [-0.4, -0.2) is 132 Å². The summed E-state index contributed by atoms with van der Waals surface area (Å²) in [5, 5.41) is 3.34. The van der Waals surface area contributed by atoms with Crippen LogP contribution in [0, 0.1) is 5.92 Å². The maximum absolute atomic E-state index is 13.9. The van der Waals surface area contributed by atoms with Gasteiger partial charge in [0, 0.05) is 6.54 Å². The Morgan fingerprint density at radius 2 is 1.02 bits per heavy atom. The molecule has 0 bridgehead atoms. The summed E-state index contributed by atoms with van der Waals surface area (Å²) >= 11 is 0. The fourth-order valence-corrected chi connectivity index (χ4v) is 7.60. The van der Waals surface area contributed by atoms with Crippen LogP contribution in [0.2, 0.25) is 0 Å². The van der Waals surface area contributed by atoms with E-state index in [4.69, 9.17) is 57.1 Å². The molecule has 0 radical (unpaired) electrons. The lowest BCUT2D eigenvalue weighted by atomic mass is 10.1. The van der Waals surface area contributed by atoms with Gasteiger partial charge in [0.2, 0.25) is 0 Å². The molecule has 0 aromatic heterocycles. The van der Waals surface area contributed by atoms with Crippen LogP contribution < -0.4 is 16.3 Å². The molecule has 7 heterocycles. The van der Waals surface area contributed by atoms with Crippen molar-refractivity contribution in [1.82, 2.24) is 21.3 Å². The molecule has 3 N–H and O–H groups in total. The number of fused-ring (bicyclic) bond motifs is 4. The van der Waals surface area contributed by atoms with Gasteiger partial charge in [-0.15, -0.1) is 5.06 Å². The van der Waals surface area contributed by atoms with E-state index in [-0.39, 0.29) is 17.0 Å². The summed E-state index contributed by atoms with van der Waals surface area (Å²) in [5.74, 6) is -7.03. The number of nitrogens with zero attached hydrogens (tertiary/aromatic N) is 1. The molecular formula is C36H46N4O17. The molecule has 312 valence electrons. The van der Waals surface area contributed by atoms with Crippen LogP contribution >= 0.6 is 0 Å². The molecule has 7 aliphatic heterocycles. The molecule has 0 saturated carbocycles. The van der Waals surface area contributed by atoms with Crippen molar-refractivity contribution in [1.29, 1.82) is 0 Å². The number of amides is 5. The van der Waals surface area contributed by atoms with Crippen molar-refractivity contribution in [2.45, 2.75) is 147 Å². The second kappa shape index (κ2) is 14.5. The first-order chi connectivity index (χ1) is 26.8. The SMILES string of the molecule is CC(C)CNC(=O)[C@H]1O[C@@H]2OC(C)(C)O[C@@H]2[C@H]1ONC(=O)[C@H]1O[C@@H]2OC(C)(C)O[C@@H]2[C@H]1ONC(=O)[C@H]1O[C@@H]2OC(C)(C)O[C@@H]2[C@H]1ON1C(=O)c2ccccc2C1=O. The van der Waals surface area contributed by atoms with Gasteiger partial charge in [0.15, 0.2) is 72.9 Å². The number of imide groups is 1. The molecule has 1 aromatic carbocycles. The molecule has 57 heavy (non-hydrogen) atoms. The molecule has 12 atom stereocenters. The first-order valence-corrected chi connectivity index (χ1v) is 18.7. The molecule has 0 spiro atoms. The van der Waals surface area contributed by atoms with Gasteiger partial charge in [-0.25, -0.2) is 11.0 Å². The highest BCUT2D eigenvalue weighted by Gasteiger charge is 2.62.